The Labute approximate surface area is 168 Å². The molecule has 146 valence electrons. The number of carbonyl (C=O) groups excluding carboxylic acids is 1. The number of ether oxygens (including phenoxy) is 2. The number of fused-ring (bicyclic) bond motifs is 1. The van der Waals surface area contributed by atoms with Gasteiger partial charge in [0, 0.05) is 5.56 Å². The van der Waals surface area contributed by atoms with Crippen molar-refractivity contribution in [1.29, 1.82) is 0 Å². The van der Waals surface area contributed by atoms with E-state index in [2.05, 4.69) is 10.3 Å². The molecule has 1 amide bonds. The lowest BCUT2D eigenvalue weighted by atomic mass is 10.1. The normalized spacial score (nSPS) is 11.8. The topological polar surface area (TPSA) is 73.6 Å². The highest BCUT2D eigenvalue weighted by molar-refractivity contribution is 5.96. The van der Waals surface area contributed by atoms with Crippen molar-refractivity contribution in [2.24, 2.45) is 0 Å². The minimum atomic E-state index is -0.685. The Morgan fingerprint density at radius 2 is 1.79 bits per heavy atom. The van der Waals surface area contributed by atoms with E-state index in [1.807, 2.05) is 48.5 Å². The first-order chi connectivity index (χ1) is 14.1. The monoisotopic (exact) mass is 388 g/mol. The van der Waals surface area contributed by atoms with Crippen LogP contribution >= 0.6 is 0 Å². The van der Waals surface area contributed by atoms with Gasteiger partial charge in [0.1, 0.15) is 17.0 Å². The molecule has 1 aromatic heterocycles. The van der Waals surface area contributed by atoms with Crippen molar-refractivity contribution < 1.29 is 18.7 Å². The van der Waals surface area contributed by atoms with E-state index in [0.29, 0.717) is 28.7 Å². The van der Waals surface area contributed by atoms with Crippen LogP contribution in [0.3, 0.4) is 0 Å². The summed E-state index contributed by atoms with van der Waals surface area (Å²) in [5, 5.41) is 2.87. The van der Waals surface area contributed by atoms with E-state index in [9.17, 15) is 4.79 Å². The molecule has 0 aliphatic heterocycles. The highest BCUT2D eigenvalue weighted by Crippen LogP contribution is 2.32. The number of nitrogens with one attached hydrogen (secondary N) is 1. The van der Waals surface area contributed by atoms with Gasteiger partial charge in [-0.3, -0.25) is 4.79 Å². The van der Waals surface area contributed by atoms with Gasteiger partial charge in [-0.1, -0.05) is 30.3 Å². The summed E-state index contributed by atoms with van der Waals surface area (Å²) in [6.07, 6.45) is -0.685. The molecule has 6 heteroatoms. The number of carbonyl (C=O) groups is 1. The van der Waals surface area contributed by atoms with Crippen LogP contribution in [0.5, 0.6) is 11.5 Å². The van der Waals surface area contributed by atoms with Gasteiger partial charge in [-0.2, -0.15) is 0 Å². The van der Waals surface area contributed by atoms with Crippen molar-refractivity contribution in [1.82, 2.24) is 4.98 Å². The molecule has 0 bridgehead atoms. The average molecular weight is 388 g/mol. The number of rotatable bonds is 6. The van der Waals surface area contributed by atoms with Crippen LogP contribution in [0.25, 0.3) is 22.6 Å². The summed E-state index contributed by atoms with van der Waals surface area (Å²) in [5.41, 5.74) is 2.72. The molecule has 0 unspecified atom stereocenters. The van der Waals surface area contributed by atoms with Crippen molar-refractivity contribution in [3.05, 3.63) is 72.8 Å². The summed E-state index contributed by atoms with van der Waals surface area (Å²) in [7, 11) is 1.55. The van der Waals surface area contributed by atoms with Gasteiger partial charge in [-0.15, -0.1) is 0 Å². The number of aromatic nitrogens is 1. The maximum absolute atomic E-state index is 12.6. The number of hydrogen-bond acceptors (Lipinski definition) is 5. The van der Waals surface area contributed by atoms with Crippen molar-refractivity contribution in [3.63, 3.8) is 0 Å². The molecule has 1 N–H and O–H groups in total. The lowest BCUT2D eigenvalue weighted by Gasteiger charge is -2.16. The zero-order valence-electron chi connectivity index (χ0n) is 16.1. The molecule has 0 fully saturated rings. The van der Waals surface area contributed by atoms with E-state index in [1.165, 1.54) is 0 Å². The summed E-state index contributed by atoms with van der Waals surface area (Å²) in [6, 6.07) is 22.1. The Balaban J connectivity index is 1.57. The fourth-order valence-corrected chi connectivity index (χ4v) is 2.93. The number of benzene rings is 3. The molecule has 0 spiro atoms. The molecule has 1 heterocycles. The van der Waals surface area contributed by atoms with Crippen LogP contribution in [0.1, 0.15) is 6.92 Å². The number of hydrogen-bond donors (Lipinski definition) is 1. The molecule has 4 rings (SSSR count). The van der Waals surface area contributed by atoms with Gasteiger partial charge in [0.15, 0.2) is 11.7 Å². The number of amides is 1. The van der Waals surface area contributed by atoms with E-state index in [4.69, 9.17) is 13.9 Å². The third kappa shape index (κ3) is 4.06. The van der Waals surface area contributed by atoms with Crippen LogP contribution in [-0.2, 0) is 4.79 Å². The number of nitrogens with zero attached hydrogens (tertiary/aromatic N) is 1. The van der Waals surface area contributed by atoms with E-state index in [-0.39, 0.29) is 5.91 Å². The quantitative estimate of drug-likeness (QED) is 0.508. The molecule has 1 atom stereocenters. The molecular formula is C23H20N2O4. The Morgan fingerprint density at radius 1 is 1.03 bits per heavy atom. The SMILES string of the molecule is COc1ccc(-c2nc3ccccc3o2)cc1NC(=O)[C@@H](C)Oc1ccccc1. The lowest BCUT2D eigenvalue weighted by molar-refractivity contribution is -0.122. The fraction of sp³-hybridized carbons (Fsp3) is 0.130. The first kappa shape index (κ1) is 18.6. The Kier molecular flexibility index (Phi) is 5.16. The summed E-state index contributed by atoms with van der Waals surface area (Å²) in [4.78, 5) is 17.1. The lowest BCUT2D eigenvalue weighted by Crippen LogP contribution is -2.30. The molecule has 0 aliphatic rings. The van der Waals surface area contributed by atoms with E-state index in [0.717, 1.165) is 11.1 Å². The summed E-state index contributed by atoms with van der Waals surface area (Å²) in [6.45, 7) is 1.69. The molecule has 6 nitrogen and oxygen atoms in total. The van der Waals surface area contributed by atoms with Crippen LogP contribution in [0.4, 0.5) is 5.69 Å². The third-order valence-electron chi connectivity index (χ3n) is 4.42. The molecular weight excluding hydrogens is 368 g/mol. The molecule has 29 heavy (non-hydrogen) atoms. The Morgan fingerprint density at radius 3 is 2.55 bits per heavy atom. The molecule has 0 saturated carbocycles. The second kappa shape index (κ2) is 8.06. The highest BCUT2D eigenvalue weighted by Gasteiger charge is 2.18. The van der Waals surface area contributed by atoms with Gasteiger partial charge in [-0.05, 0) is 49.4 Å². The van der Waals surface area contributed by atoms with Gasteiger partial charge >= 0.3 is 0 Å². The molecule has 0 aliphatic carbocycles. The Bertz CT molecular complexity index is 1110. The van der Waals surface area contributed by atoms with Crippen LogP contribution in [0, 0.1) is 0 Å². The predicted octanol–water partition coefficient (Wildman–Crippen LogP) is 4.91. The van der Waals surface area contributed by atoms with Gasteiger partial charge in [0.2, 0.25) is 5.89 Å². The molecule has 3 aromatic carbocycles. The highest BCUT2D eigenvalue weighted by atomic mass is 16.5. The zero-order valence-corrected chi connectivity index (χ0v) is 16.1. The van der Waals surface area contributed by atoms with Crippen molar-refractivity contribution >= 4 is 22.7 Å². The van der Waals surface area contributed by atoms with Crippen LogP contribution < -0.4 is 14.8 Å². The van der Waals surface area contributed by atoms with Crippen molar-refractivity contribution in [3.8, 4) is 23.0 Å². The van der Waals surface area contributed by atoms with E-state index >= 15 is 0 Å². The summed E-state index contributed by atoms with van der Waals surface area (Å²) < 4.78 is 16.9. The summed E-state index contributed by atoms with van der Waals surface area (Å²) >= 11 is 0. The zero-order chi connectivity index (χ0) is 20.2. The first-order valence-electron chi connectivity index (χ1n) is 9.20. The molecule has 4 aromatic rings. The average Bonchev–Trinajstić information content (AvgIpc) is 3.18. The molecule has 0 radical (unpaired) electrons. The third-order valence-corrected chi connectivity index (χ3v) is 4.42. The smallest absolute Gasteiger partial charge is 0.265 e. The minimum Gasteiger partial charge on any atom is -0.495 e. The standard InChI is InChI=1S/C23H20N2O4/c1-15(28-17-8-4-3-5-9-17)22(26)24-19-14-16(12-13-20(19)27-2)23-25-18-10-6-7-11-21(18)29-23/h3-15H,1-2H3,(H,24,26)/t15-/m1/s1. The van der Waals surface area contributed by atoms with Gasteiger partial charge in [0.25, 0.3) is 5.91 Å². The van der Waals surface area contributed by atoms with Gasteiger partial charge in [0.05, 0.1) is 12.8 Å². The van der Waals surface area contributed by atoms with Crippen molar-refractivity contribution in [2.75, 3.05) is 12.4 Å². The van der Waals surface area contributed by atoms with Crippen LogP contribution in [0.2, 0.25) is 0 Å². The maximum Gasteiger partial charge on any atom is 0.265 e. The number of methoxy groups -OCH3 is 1. The van der Waals surface area contributed by atoms with Crippen LogP contribution in [-0.4, -0.2) is 24.1 Å². The maximum atomic E-state index is 12.6. The largest absolute Gasteiger partial charge is 0.495 e. The second-order valence-electron chi connectivity index (χ2n) is 6.46. The fourth-order valence-electron chi connectivity index (χ4n) is 2.93. The second-order valence-corrected chi connectivity index (χ2v) is 6.46. The van der Waals surface area contributed by atoms with E-state index in [1.54, 1.807) is 38.3 Å². The molecule has 0 saturated heterocycles. The first-order valence-corrected chi connectivity index (χ1v) is 9.20. The number of para-hydroxylation sites is 3. The number of anilines is 1. The minimum absolute atomic E-state index is 0.290. The van der Waals surface area contributed by atoms with Crippen molar-refractivity contribution in [2.45, 2.75) is 13.0 Å². The van der Waals surface area contributed by atoms with Crippen LogP contribution in [0.15, 0.2) is 77.2 Å². The Hall–Kier alpha value is -3.80. The predicted molar refractivity (Wildman–Crippen MR) is 111 cm³/mol. The number of oxazole rings is 1. The summed E-state index contributed by atoms with van der Waals surface area (Å²) in [5.74, 6) is 1.34. The van der Waals surface area contributed by atoms with Gasteiger partial charge < -0.3 is 19.2 Å². The van der Waals surface area contributed by atoms with E-state index < -0.39 is 6.10 Å². The van der Waals surface area contributed by atoms with Gasteiger partial charge in [-0.25, -0.2) is 4.98 Å².